The van der Waals surface area contributed by atoms with Crippen LogP contribution >= 0.6 is 0 Å². The van der Waals surface area contributed by atoms with Crippen molar-refractivity contribution in [2.24, 2.45) is 0 Å². The van der Waals surface area contributed by atoms with Crippen LogP contribution in [0.25, 0.3) is 11.1 Å². The van der Waals surface area contributed by atoms with Crippen LogP contribution in [0.3, 0.4) is 0 Å². The number of hydrogen-bond donors (Lipinski definition) is 0. The van der Waals surface area contributed by atoms with Crippen molar-refractivity contribution in [3.05, 3.63) is 54.4 Å². The Balaban J connectivity index is 2.38. The van der Waals surface area contributed by atoms with Gasteiger partial charge in [0.1, 0.15) is 18.1 Å². The molecular weight excluding hydrogens is 306 g/mol. The molecule has 0 saturated carbocycles. The Labute approximate surface area is 142 Å². The van der Waals surface area contributed by atoms with Gasteiger partial charge in [-0.05, 0) is 35.7 Å². The summed E-state index contributed by atoms with van der Waals surface area (Å²) in [5, 5.41) is 0. The van der Waals surface area contributed by atoms with Gasteiger partial charge in [-0.25, -0.2) is 4.79 Å². The summed E-state index contributed by atoms with van der Waals surface area (Å²) < 4.78 is 16.3. The zero-order chi connectivity index (χ0) is 17.7. The standard InChI is InChI=1S/C19H22NO4/c1-13-6-8-15(9-7-13)18-16(22-4)10-14(11-17(18)23-5)12-24-19(21)20(2)3/h6-11H,1,12H2,2-5H3. The molecule has 2 rings (SSSR count). The van der Waals surface area contributed by atoms with E-state index in [-0.39, 0.29) is 6.61 Å². The lowest BCUT2D eigenvalue weighted by Gasteiger charge is -2.17. The molecule has 0 aliphatic heterocycles. The van der Waals surface area contributed by atoms with E-state index < -0.39 is 6.09 Å². The van der Waals surface area contributed by atoms with E-state index in [1.54, 1.807) is 28.3 Å². The minimum atomic E-state index is -0.400. The van der Waals surface area contributed by atoms with E-state index in [4.69, 9.17) is 14.2 Å². The van der Waals surface area contributed by atoms with Gasteiger partial charge in [-0.2, -0.15) is 0 Å². The minimum Gasteiger partial charge on any atom is -0.496 e. The third-order valence-electron chi connectivity index (χ3n) is 3.54. The highest BCUT2D eigenvalue weighted by molar-refractivity contribution is 5.78. The highest BCUT2D eigenvalue weighted by Gasteiger charge is 2.16. The van der Waals surface area contributed by atoms with Crippen LogP contribution in [0.4, 0.5) is 4.79 Å². The topological polar surface area (TPSA) is 48.0 Å². The minimum absolute atomic E-state index is 0.141. The molecule has 127 valence electrons. The molecule has 0 aliphatic rings. The van der Waals surface area contributed by atoms with E-state index in [0.717, 1.165) is 22.3 Å². The van der Waals surface area contributed by atoms with E-state index in [9.17, 15) is 4.79 Å². The SMILES string of the molecule is [CH2]c1ccc(-c2c(OC)cc(COC(=O)N(C)C)cc2OC)cc1. The fourth-order valence-electron chi connectivity index (χ4n) is 2.28. The van der Waals surface area contributed by atoms with Gasteiger partial charge in [0, 0.05) is 14.1 Å². The Morgan fingerprint density at radius 2 is 1.58 bits per heavy atom. The number of nitrogens with zero attached hydrogens (tertiary/aromatic N) is 1. The Morgan fingerprint density at radius 1 is 1.04 bits per heavy atom. The molecule has 1 radical (unpaired) electrons. The molecule has 0 aliphatic carbocycles. The lowest BCUT2D eigenvalue weighted by Crippen LogP contribution is -2.22. The van der Waals surface area contributed by atoms with Crippen molar-refractivity contribution in [3.63, 3.8) is 0 Å². The summed E-state index contributed by atoms with van der Waals surface area (Å²) in [6, 6.07) is 11.5. The molecule has 2 aromatic carbocycles. The van der Waals surface area contributed by atoms with E-state index in [0.29, 0.717) is 11.5 Å². The summed E-state index contributed by atoms with van der Waals surface area (Å²) in [6.45, 7) is 4.04. The molecule has 24 heavy (non-hydrogen) atoms. The predicted molar refractivity (Wildman–Crippen MR) is 93.3 cm³/mol. The molecule has 0 aromatic heterocycles. The van der Waals surface area contributed by atoms with Crippen molar-refractivity contribution in [1.29, 1.82) is 0 Å². The molecule has 0 N–H and O–H groups in total. The van der Waals surface area contributed by atoms with E-state index in [2.05, 4.69) is 6.92 Å². The number of rotatable bonds is 5. The van der Waals surface area contributed by atoms with Crippen LogP contribution in [0.15, 0.2) is 36.4 Å². The Bertz CT molecular complexity index is 683. The van der Waals surface area contributed by atoms with Crippen LogP contribution < -0.4 is 9.47 Å². The Morgan fingerprint density at radius 3 is 2.04 bits per heavy atom. The van der Waals surface area contributed by atoms with Crippen LogP contribution in [0, 0.1) is 6.92 Å². The summed E-state index contributed by atoms with van der Waals surface area (Å²) in [6.07, 6.45) is -0.400. The Kier molecular flexibility index (Phi) is 5.68. The lowest BCUT2D eigenvalue weighted by atomic mass is 10.00. The average molecular weight is 328 g/mol. The molecule has 2 aromatic rings. The monoisotopic (exact) mass is 328 g/mol. The number of methoxy groups -OCH3 is 2. The predicted octanol–water partition coefficient (Wildman–Crippen LogP) is 3.75. The quantitative estimate of drug-likeness (QED) is 0.839. The van der Waals surface area contributed by atoms with Gasteiger partial charge in [-0.1, -0.05) is 24.3 Å². The summed E-state index contributed by atoms with van der Waals surface area (Å²) >= 11 is 0. The maximum absolute atomic E-state index is 11.6. The van der Waals surface area contributed by atoms with E-state index in [1.807, 2.05) is 36.4 Å². The molecule has 0 fully saturated rings. The average Bonchev–Trinajstić information content (AvgIpc) is 2.59. The Hall–Kier alpha value is -2.69. The summed E-state index contributed by atoms with van der Waals surface area (Å²) in [7, 11) is 6.48. The number of amides is 1. The van der Waals surface area contributed by atoms with Crippen molar-refractivity contribution in [2.45, 2.75) is 6.61 Å². The van der Waals surface area contributed by atoms with Gasteiger partial charge in [-0.3, -0.25) is 0 Å². The van der Waals surface area contributed by atoms with Crippen LogP contribution in [-0.2, 0) is 11.3 Å². The molecule has 5 nitrogen and oxygen atoms in total. The largest absolute Gasteiger partial charge is 0.496 e. The molecule has 0 heterocycles. The maximum Gasteiger partial charge on any atom is 0.409 e. The van der Waals surface area contributed by atoms with E-state index in [1.165, 1.54) is 4.90 Å². The molecule has 0 unspecified atom stereocenters. The normalized spacial score (nSPS) is 10.2. The second kappa shape index (κ2) is 7.73. The van der Waals surface area contributed by atoms with Crippen molar-refractivity contribution in [2.75, 3.05) is 28.3 Å². The van der Waals surface area contributed by atoms with Gasteiger partial charge in [0.05, 0.1) is 19.8 Å². The van der Waals surface area contributed by atoms with Crippen LogP contribution in [0.5, 0.6) is 11.5 Å². The van der Waals surface area contributed by atoms with Crippen molar-refractivity contribution >= 4 is 6.09 Å². The zero-order valence-corrected chi connectivity index (χ0v) is 14.5. The van der Waals surface area contributed by atoms with Gasteiger partial charge in [0.25, 0.3) is 0 Å². The number of hydrogen-bond acceptors (Lipinski definition) is 4. The molecule has 1 amide bonds. The van der Waals surface area contributed by atoms with Crippen LogP contribution in [-0.4, -0.2) is 39.3 Å². The van der Waals surface area contributed by atoms with Gasteiger partial charge < -0.3 is 19.1 Å². The van der Waals surface area contributed by atoms with Gasteiger partial charge in [-0.15, -0.1) is 0 Å². The number of ether oxygens (including phenoxy) is 3. The highest BCUT2D eigenvalue weighted by atomic mass is 16.6. The first kappa shape index (κ1) is 17.7. The summed E-state index contributed by atoms with van der Waals surface area (Å²) in [5.41, 5.74) is 3.54. The first-order chi connectivity index (χ1) is 11.5. The summed E-state index contributed by atoms with van der Waals surface area (Å²) in [4.78, 5) is 13.0. The number of carbonyl (C=O) groups excluding carboxylic acids is 1. The first-order valence-electron chi connectivity index (χ1n) is 7.47. The second-order valence-electron chi connectivity index (χ2n) is 5.52. The lowest BCUT2D eigenvalue weighted by molar-refractivity contribution is 0.112. The third-order valence-corrected chi connectivity index (χ3v) is 3.54. The van der Waals surface area contributed by atoms with Crippen molar-refractivity contribution < 1.29 is 19.0 Å². The van der Waals surface area contributed by atoms with Crippen LogP contribution in [0.1, 0.15) is 11.1 Å². The molecule has 0 atom stereocenters. The van der Waals surface area contributed by atoms with Crippen molar-refractivity contribution in [3.8, 4) is 22.6 Å². The summed E-state index contributed by atoms with van der Waals surface area (Å²) in [5.74, 6) is 1.31. The second-order valence-corrected chi connectivity index (χ2v) is 5.52. The zero-order valence-electron chi connectivity index (χ0n) is 14.5. The van der Waals surface area contributed by atoms with Gasteiger partial charge >= 0.3 is 6.09 Å². The van der Waals surface area contributed by atoms with Crippen LogP contribution in [0.2, 0.25) is 0 Å². The van der Waals surface area contributed by atoms with E-state index >= 15 is 0 Å². The number of benzene rings is 2. The molecule has 0 bridgehead atoms. The maximum atomic E-state index is 11.6. The fraction of sp³-hybridized carbons (Fsp3) is 0.263. The molecule has 5 heteroatoms. The third kappa shape index (κ3) is 3.98. The smallest absolute Gasteiger partial charge is 0.409 e. The first-order valence-corrected chi connectivity index (χ1v) is 7.47. The number of carbonyl (C=O) groups is 1. The molecular formula is C19H22NO4. The van der Waals surface area contributed by atoms with Crippen molar-refractivity contribution in [1.82, 2.24) is 4.90 Å². The molecule has 0 saturated heterocycles. The molecule has 0 spiro atoms. The van der Waals surface area contributed by atoms with Gasteiger partial charge in [0.15, 0.2) is 0 Å². The fourth-order valence-corrected chi connectivity index (χ4v) is 2.28. The highest BCUT2D eigenvalue weighted by Crippen LogP contribution is 2.39. The van der Waals surface area contributed by atoms with Gasteiger partial charge in [0.2, 0.25) is 0 Å².